The molecule has 2 heteroatoms. The average molecular weight is 132 g/mol. The number of nitrogens with zero attached hydrogens (tertiary/aromatic N) is 1. The van der Waals surface area contributed by atoms with Crippen LogP contribution in [0.15, 0.2) is 34.7 Å². The van der Waals surface area contributed by atoms with Gasteiger partial charge in [0.2, 0.25) is 0 Å². The van der Waals surface area contributed by atoms with Gasteiger partial charge >= 0.3 is 0 Å². The van der Waals surface area contributed by atoms with Crippen molar-refractivity contribution < 1.29 is 0 Å². The number of rotatable bonds is 0. The van der Waals surface area contributed by atoms with E-state index in [4.69, 9.17) is 5.73 Å². The van der Waals surface area contributed by atoms with Crippen molar-refractivity contribution in [3.05, 3.63) is 34.7 Å². The van der Waals surface area contributed by atoms with Gasteiger partial charge < -0.3 is 10.6 Å². The number of nitrogens with two attached hydrogens (primary N) is 1. The maximum Gasteiger partial charge on any atom is 0.0456 e. The molecule has 0 amide bonds. The summed E-state index contributed by atoms with van der Waals surface area (Å²) in [6.07, 6.45) is 4.39. The van der Waals surface area contributed by atoms with Gasteiger partial charge in [0.1, 0.15) is 0 Å². The molecular weight excluding hydrogens is 124 g/mol. The van der Waals surface area contributed by atoms with Crippen LogP contribution < -0.4 is 5.73 Å². The molecule has 4 aliphatic rings. The SMILES string of the molecule is NC1=C2C=C3CN(C=C31)C2. The maximum atomic E-state index is 5.83. The Balaban J connectivity index is 2.33. The van der Waals surface area contributed by atoms with E-state index in [-0.39, 0.29) is 0 Å². The Morgan fingerprint density at radius 2 is 2.30 bits per heavy atom. The Bertz CT molecular complexity index is 304. The highest BCUT2D eigenvalue weighted by atomic mass is 15.1. The van der Waals surface area contributed by atoms with E-state index < -0.39 is 0 Å². The van der Waals surface area contributed by atoms with Crippen LogP contribution in [0.2, 0.25) is 0 Å². The summed E-state index contributed by atoms with van der Waals surface area (Å²) in [7, 11) is 0. The lowest BCUT2D eigenvalue weighted by Gasteiger charge is -2.20. The van der Waals surface area contributed by atoms with Crippen LogP contribution in [0.4, 0.5) is 0 Å². The minimum atomic E-state index is 1.02. The molecule has 10 heavy (non-hydrogen) atoms. The molecule has 0 aromatic heterocycles. The van der Waals surface area contributed by atoms with Crippen molar-refractivity contribution in [1.29, 1.82) is 0 Å². The van der Waals surface area contributed by atoms with Crippen LogP contribution in [-0.4, -0.2) is 18.0 Å². The zero-order chi connectivity index (χ0) is 6.72. The van der Waals surface area contributed by atoms with Gasteiger partial charge in [-0.3, -0.25) is 0 Å². The van der Waals surface area contributed by atoms with Gasteiger partial charge in [-0.1, -0.05) is 0 Å². The van der Waals surface area contributed by atoms with Crippen LogP contribution in [0.3, 0.4) is 0 Å². The third-order valence-corrected chi connectivity index (χ3v) is 2.39. The van der Waals surface area contributed by atoms with E-state index in [9.17, 15) is 0 Å². The molecular formula is C8H8N2. The molecule has 3 heterocycles. The molecule has 0 aromatic carbocycles. The van der Waals surface area contributed by atoms with Crippen LogP contribution in [0.5, 0.6) is 0 Å². The summed E-state index contributed by atoms with van der Waals surface area (Å²) in [6.45, 7) is 2.11. The highest BCUT2D eigenvalue weighted by Crippen LogP contribution is 2.38. The Kier molecular flexibility index (Phi) is 0.528. The predicted octanol–water partition coefficient (Wildman–Crippen LogP) is 0.352. The standard InChI is InChI=1S/C8H8N2/c9-8-6-1-5-2-10(3-6)4-7(5)8/h1,4H,2-3,9H2. The van der Waals surface area contributed by atoms with Gasteiger partial charge in [-0.15, -0.1) is 0 Å². The molecule has 4 rings (SSSR count). The number of hydrogen-bond acceptors (Lipinski definition) is 2. The van der Waals surface area contributed by atoms with Gasteiger partial charge in [0.15, 0.2) is 0 Å². The van der Waals surface area contributed by atoms with Crippen molar-refractivity contribution in [2.24, 2.45) is 5.73 Å². The Labute approximate surface area is 59.3 Å². The fourth-order valence-electron chi connectivity index (χ4n) is 1.89. The molecule has 2 N–H and O–H groups in total. The highest BCUT2D eigenvalue weighted by molar-refractivity contribution is 5.64. The minimum absolute atomic E-state index is 1.02. The second-order valence-corrected chi connectivity index (χ2v) is 3.06. The molecule has 0 saturated heterocycles. The third kappa shape index (κ3) is 0.321. The maximum absolute atomic E-state index is 5.83. The summed E-state index contributed by atoms with van der Waals surface area (Å²) >= 11 is 0. The second-order valence-electron chi connectivity index (χ2n) is 3.06. The predicted molar refractivity (Wildman–Crippen MR) is 39.0 cm³/mol. The fraction of sp³-hybridized carbons (Fsp3) is 0.250. The van der Waals surface area contributed by atoms with Crippen molar-refractivity contribution in [2.45, 2.75) is 0 Å². The minimum Gasteiger partial charge on any atom is -0.398 e. The molecule has 4 bridgehead atoms. The summed E-state index contributed by atoms with van der Waals surface area (Å²) in [5.74, 6) is 0. The van der Waals surface area contributed by atoms with Crippen LogP contribution >= 0.6 is 0 Å². The smallest absolute Gasteiger partial charge is 0.0456 e. The topological polar surface area (TPSA) is 29.3 Å². The molecule has 3 aliphatic heterocycles. The van der Waals surface area contributed by atoms with E-state index in [1.54, 1.807) is 0 Å². The van der Waals surface area contributed by atoms with Gasteiger partial charge in [0.05, 0.1) is 0 Å². The summed E-state index contributed by atoms with van der Waals surface area (Å²) in [5.41, 5.74) is 10.9. The molecule has 2 nitrogen and oxygen atoms in total. The van der Waals surface area contributed by atoms with E-state index in [2.05, 4.69) is 17.2 Å². The first-order chi connectivity index (χ1) is 4.84. The van der Waals surface area contributed by atoms with Gasteiger partial charge in [-0.2, -0.15) is 0 Å². The zero-order valence-corrected chi connectivity index (χ0v) is 5.59. The molecule has 0 atom stereocenters. The normalized spacial score (nSPS) is 26.2. The molecule has 0 saturated carbocycles. The quantitative estimate of drug-likeness (QED) is 0.515. The Hall–Kier alpha value is -1.18. The Morgan fingerprint density at radius 1 is 1.40 bits per heavy atom. The van der Waals surface area contributed by atoms with Gasteiger partial charge in [0.25, 0.3) is 0 Å². The van der Waals surface area contributed by atoms with Crippen molar-refractivity contribution >= 4 is 0 Å². The summed E-state index contributed by atoms with van der Waals surface area (Å²) in [5, 5.41) is 0. The first kappa shape index (κ1) is 4.61. The fourth-order valence-corrected chi connectivity index (χ4v) is 1.89. The van der Waals surface area contributed by atoms with Crippen molar-refractivity contribution in [3.63, 3.8) is 0 Å². The van der Waals surface area contributed by atoms with Crippen LogP contribution in [0.25, 0.3) is 0 Å². The highest BCUT2D eigenvalue weighted by Gasteiger charge is 2.32. The molecule has 0 aromatic rings. The average Bonchev–Trinajstić information content (AvgIpc) is 2.31. The first-order valence-corrected chi connectivity index (χ1v) is 3.50. The largest absolute Gasteiger partial charge is 0.398 e. The summed E-state index contributed by atoms with van der Waals surface area (Å²) in [4.78, 5) is 2.30. The lowest BCUT2D eigenvalue weighted by molar-refractivity contribution is 0.454. The number of allylic oxidation sites excluding steroid dienone is 1. The zero-order valence-electron chi connectivity index (χ0n) is 5.59. The van der Waals surface area contributed by atoms with Crippen LogP contribution in [0, 0.1) is 0 Å². The monoisotopic (exact) mass is 132 g/mol. The molecule has 1 aliphatic carbocycles. The molecule has 0 spiro atoms. The van der Waals surface area contributed by atoms with E-state index in [0.29, 0.717) is 0 Å². The van der Waals surface area contributed by atoms with Crippen molar-refractivity contribution in [2.75, 3.05) is 13.1 Å². The molecule has 0 fully saturated rings. The molecule has 0 radical (unpaired) electrons. The van der Waals surface area contributed by atoms with E-state index in [0.717, 1.165) is 18.8 Å². The van der Waals surface area contributed by atoms with Gasteiger partial charge in [-0.05, 0) is 17.2 Å². The molecule has 50 valence electrons. The van der Waals surface area contributed by atoms with Crippen LogP contribution in [-0.2, 0) is 0 Å². The van der Waals surface area contributed by atoms with E-state index in [1.165, 1.54) is 16.7 Å². The number of hydrogen-bond donors (Lipinski definition) is 1. The lowest BCUT2D eigenvalue weighted by Crippen LogP contribution is -2.22. The van der Waals surface area contributed by atoms with Gasteiger partial charge in [0, 0.05) is 30.6 Å². The van der Waals surface area contributed by atoms with Crippen molar-refractivity contribution in [3.8, 4) is 0 Å². The second kappa shape index (κ2) is 1.15. The molecule has 0 unspecified atom stereocenters. The van der Waals surface area contributed by atoms with Crippen molar-refractivity contribution in [1.82, 2.24) is 4.90 Å². The Morgan fingerprint density at radius 3 is 3.00 bits per heavy atom. The van der Waals surface area contributed by atoms with Gasteiger partial charge in [-0.25, -0.2) is 0 Å². The van der Waals surface area contributed by atoms with E-state index >= 15 is 0 Å². The summed E-state index contributed by atoms with van der Waals surface area (Å²) < 4.78 is 0. The third-order valence-electron chi connectivity index (χ3n) is 2.39. The first-order valence-electron chi connectivity index (χ1n) is 3.50. The van der Waals surface area contributed by atoms with Crippen LogP contribution in [0.1, 0.15) is 0 Å². The lowest BCUT2D eigenvalue weighted by atomic mass is 10.1. The van der Waals surface area contributed by atoms with E-state index in [1.807, 2.05) is 0 Å². The summed E-state index contributed by atoms with van der Waals surface area (Å²) in [6, 6.07) is 0.